The van der Waals surface area contributed by atoms with Gasteiger partial charge in [0, 0.05) is 44.0 Å². The predicted octanol–water partition coefficient (Wildman–Crippen LogP) is 2.04. The van der Waals surface area contributed by atoms with Crippen LogP contribution in [0.3, 0.4) is 0 Å². The summed E-state index contributed by atoms with van der Waals surface area (Å²) in [6.45, 7) is 3.66. The Morgan fingerprint density at radius 1 is 1.14 bits per heavy atom. The monoisotopic (exact) mass is 480 g/mol. The summed E-state index contributed by atoms with van der Waals surface area (Å²) < 4.78 is 15.9. The summed E-state index contributed by atoms with van der Waals surface area (Å²) in [6, 6.07) is 8.41. The van der Waals surface area contributed by atoms with Crippen LogP contribution in [0.25, 0.3) is 0 Å². The zero-order valence-electron chi connectivity index (χ0n) is 19.6. The fourth-order valence-electron chi connectivity index (χ4n) is 3.94. The van der Waals surface area contributed by atoms with Crippen LogP contribution in [0, 0.1) is 5.82 Å². The highest BCUT2D eigenvalue weighted by atomic mass is 19.1. The molecule has 1 aliphatic rings. The molecular weight excluding hydrogens is 451 g/mol. The van der Waals surface area contributed by atoms with E-state index in [0.29, 0.717) is 29.2 Å². The van der Waals surface area contributed by atoms with Crippen LogP contribution < -0.4 is 16.4 Å². The van der Waals surface area contributed by atoms with E-state index in [1.807, 2.05) is 4.90 Å². The summed E-state index contributed by atoms with van der Waals surface area (Å²) in [4.78, 5) is 32.4. The highest BCUT2D eigenvalue weighted by Crippen LogP contribution is 2.21. The maximum atomic E-state index is 14.3. The third-order valence-corrected chi connectivity index (χ3v) is 5.88. The Labute approximate surface area is 202 Å². The molecular formula is C24H29FN8O2. The number of carbonyl (C=O) groups excluding carboxylic acids is 2. The van der Waals surface area contributed by atoms with Gasteiger partial charge in [-0.2, -0.15) is 5.10 Å². The fourth-order valence-corrected chi connectivity index (χ4v) is 3.94. The van der Waals surface area contributed by atoms with Crippen LogP contribution in [0.2, 0.25) is 0 Å². The standard InChI is InChI=1S/C24H29FN8O2/c1-31-7-4-8-32(10-9-31)23(34)16-33-15-18(13-29-33)30-22-11-21(20(25)14-28-22)27-12-17-5-2-3-6-19(17)24(26)35/h2-3,5-6,11,13-15H,4,7-10,12,16H2,1H3,(H2,26,35)(H2,27,28,30). The summed E-state index contributed by atoms with van der Waals surface area (Å²) in [5, 5.41) is 10.3. The number of halogens is 1. The maximum Gasteiger partial charge on any atom is 0.249 e. The Kier molecular flexibility index (Phi) is 7.56. The van der Waals surface area contributed by atoms with Crippen LogP contribution in [-0.2, 0) is 17.9 Å². The molecule has 3 aromatic rings. The molecule has 0 bridgehead atoms. The quantitative estimate of drug-likeness (QED) is 0.451. The third kappa shape index (κ3) is 6.33. The van der Waals surface area contributed by atoms with E-state index in [1.165, 1.54) is 6.07 Å². The number of amides is 2. The Morgan fingerprint density at radius 3 is 2.80 bits per heavy atom. The minimum absolute atomic E-state index is 0.0255. The average molecular weight is 481 g/mol. The van der Waals surface area contributed by atoms with Crippen LogP contribution >= 0.6 is 0 Å². The van der Waals surface area contributed by atoms with Gasteiger partial charge in [0.15, 0.2) is 5.82 Å². The summed E-state index contributed by atoms with van der Waals surface area (Å²) >= 11 is 0. The second-order valence-electron chi connectivity index (χ2n) is 8.51. The highest BCUT2D eigenvalue weighted by molar-refractivity contribution is 5.94. The number of nitrogens with zero attached hydrogens (tertiary/aromatic N) is 5. The van der Waals surface area contributed by atoms with E-state index in [-0.39, 0.29) is 24.7 Å². The topological polar surface area (TPSA) is 121 Å². The summed E-state index contributed by atoms with van der Waals surface area (Å²) in [7, 11) is 2.06. The van der Waals surface area contributed by atoms with Gasteiger partial charge >= 0.3 is 0 Å². The molecule has 0 saturated carbocycles. The van der Waals surface area contributed by atoms with Crippen molar-refractivity contribution < 1.29 is 14.0 Å². The molecule has 1 aromatic carbocycles. The van der Waals surface area contributed by atoms with Crippen molar-refractivity contribution in [2.24, 2.45) is 5.73 Å². The lowest BCUT2D eigenvalue weighted by molar-refractivity contribution is -0.131. The van der Waals surface area contributed by atoms with Gasteiger partial charge in [-0.15, -0.1) is 0 Å². The minimum Gasteiger partial charge on any atom is -0.378 e. The van der Waals surface area contributed by atoms with Gasteiger partial charge in [-0.1, -0.05) is 18.2 Å². The van der Waals surface area contributed by atoms with E-state index < -0.39 is 11.7 Å². The van der Waals surface area contributed by atoms with Gasteiger partial charge in [-0.25, -0.2) is 9.37 Å². The molecule has 2 amide bonds. The number of rotatable bonds is 8. The Bertz CT molecular complexity index is 1200. The molecule has 11 heteroatoms. The summed E-state index contributed by atoms with van der Waals surface area (Å²) in [5.41, 5.74) is 7.29. The van der Waals surface area contributed by atoms with Gasteiger partial charge < -0.3 is 26.2 Å². The number of hydrogen-bond acceptors (Lipinski definition) is 7. The van der Waals surface area contributed by atoms with Crippen molar-refractivity contribution >= 4 is 29.0 Å². The van der Waals surface area contributed by atoms with Crippen LogP contribution in [-0.4, -0.2) is 69.6 Å². The van der Waals surface area contributed by atoms with Crippen molar-refractivity contribution in [1.29, 1.82) is 0 Å². The van der Waals surface area contributed by atoms with Gasteiger partial charge in [-0.05, 0) is 31.6 Å². The van der Waals surface area contributed by atoms with Gasteiger partial charge in [0.25, 0.3) is 0 Å². The second-order valence-corrected chi connectivity index (χ2v) is 8.51. The third-order valence-electron chi connectivity index (χ3n) is 5.88. The average Bonchev–Trinajstić information content (AvgIpc) is 3.15. The lowest BCUT2D eigenvalue weighted by Gasteiger charge is -2.20. The molecule has 2 aromatic heterocycles. The van der Waals surface area contributed by atoms with Crippen molar-refractivity contribution in [3.05, 3.63) is 65.9 Å². The smallest absolute Gasteiger partial charge is 0.249 e. The molecule has 4 rings (SSSR count). The number of primary amides is 1. The van der Waals surface area contributed by atoms with Crippen molar-refractivity contribution in [3.63, 3.8) is 0 Å². The van der Waals surface area contributed by atoms with E-state index in [0.717, 1.165) is 32.3 Å². The zero-order chi connectivity index (χ0) is 24.8. The molecule has 0 spiro atoms. The molecule has 35 heavy (non-hydrogen) atoms. The van der Waals surface area contributed by atoms with Crippen molar-refractivity contribution in [1.82, 2.24) is 24.6 Å². The van der Waals surface area contributed by atoms with E-state index in [2.05, 4.69) is 32.7 Å². The maximum absolute atomic E-state index is 14.3. The number of carbonyl (C=O) groups is 2. The van der Waals surface area contributed by atoms with E-state index in [4.69, 9.17) is 5.73 Å². The SMILES string of the molecule is CN1CCCN(C(=O)Cn2cc(Nc3cc(NCc4ccccc4C(N)=O)c(F)cn3)cn2)CC1. The summed E-state index contributed by atoms with van der Waals surface area (Å²) in [6.07, 6.45) is 5.36. The van der Waals surface area contributed by atoms with Crippen LogP contribution in [0.4, 0.5) is 21.6 Å². The molecule has 1 saturated heterocycles. The van der Waals surface area contributed by atoms with Gasteiger partial charge in [0.05, 0.1) is 23.8 Å². The van der Waals surface area contributed by atoms with Gasteiger partial charge in [0.2, 0.25) is 11.8 Å². The van der Waals surface area contributed by atoms with Crippen LogP contribution in [0.5, 0.6) is 0 Å². The molecule has 0 atom stereocenters. The molecule has 0 unspecified atom stereocenters. The normalized spacial score (nSPS) is 14.4. The van der Waals surface area contributed by atoms with Gasteiger partial charge in [0.1, 0.15) is 12.4 Å². The molecule has 4 N–H and O–H groups in total. The van der Waals surface area contributed by atoms with E-state index in [1.54, 1.807) is 41.3 Å². The van der Waals surface area contributed by atoms with Crippen molar-refractivity contribution in [2.45, 2.75) is 19.5 Å². The second kappa shape index (κ2) is 11.0. The van der Waals surface area contributed by atoms with Crippen molar-refractivity contribution in [3.8, 4) is 0 Å². The molecule has 1 aliphatic heterocycles. The minimum atomic E-state index is -0.543. The van der Waals surface area contributed by atoms with Crippen LogP contribution in [0.1, 0.15) is 22.3 Å². The fraction of sp³-hybridized carbons (Fsp3) is 0.333. The first-order valence-corrected chi connectivity index (χ1v) is 11.4. The number of aromatic nitrogens is 3. The summed E-state index contributed by atoms with van der Waals surface area (Å²) in [5.74, 6) is -0.647. The van der Waals surface area contributed by atoms with E-state index in [9.17, 15) is 14.0 Å². The lowest BCUT2D eigenvalue weighted by atomic mass is 10.1. The number of nitrogens with one attached hydrogen (secondary N) is 2. The number of pyridine rings is 1. The molecule has 3 heterocycles. The number of anilines is 3. The number of nitrogens with two attached hydrogens (primary N) is 1. The first kappa shape index (κ1) is 24.1. The number of benzene rings is 1. The number of hydrogen-bond donors (Lipinski definition) is 3. The molecule has 0 aliphatic carbocycles. The Morgan fingerprint density at radius 2 is 1.97 bits per heavy atom. The Hall–Kier alpha value is -3.99. The highest BCUT2D eigenvalue weighted by Gasteiger charge is 2.18. The lowest BCUT2D eigenvalue weighted by Crippen LogP contribution is -2.36. The molecule has 0 radical (unpaired) electrons. The molecule has 1 fully saturated rings. The van der Waals surface area contributed by atoms with Crippen LogP contribution in [0.15, 0.2) is 48.9 Å². The van der Waals surface area contributed by atoms with Gasteiger partial charge in [-0.3, -0.25) is 14.3 Å². The number of likely N-dealkylation sites (N-methyl/N-ethyl adjacent to an activating group) is 1. The molecule has 184 valence electrons. The predicted molar refractivity (Wildman–Crippen MR) is 131 cm³/mol. The first-order valence-electron chi connectivity index (χ1n) is 11.4. The van der Waals surface area contributed by atoms with Crippen molar-refractivity contribution in [2.75, 3.05) is 43.9 Å². The first-order chi connectivity index (χ1) is 16.9. The van der Waals surface area contributed by atoms with E-state index >= 15 is 0 Å². The zero-order valence-corrected chi connectivity index (χ0v) is 19.6. The Balaban J connectivity index is 1.37. The largest absolute Gasteiger partial charge is 0.378 e. The molecule has 10 nitrogen and oxygen atoms in total.